The maximum Gasteiger partial charge on any atom is 0.404 e. The first kappa shape index (κ1) is 26.1. The van der Waals surface area contributed by atoms with Crippen LogP contribution in [0.25, 0.3) is 22.4 Å². The molecule has 1 atom stereocenters. The summed E-state index contributed by atoms with van der Waals surface area (Å²) in [7, 11) is -8.11. The van der Waals surface area contributed by atoms with Crippen LogP contribution in [-0.4, -0.2) is 49.8 Å². The summed E-state index contributed by atoms with van der Waals surface area (Å²) in [6, 6.07) is 3.56. The van der Waals surface area contributed by atoms with Gasteiger partial charge >= 0.3 is 6.18 Å². The first-order valence-corrected chi connectivity index (χ1v) is 14.3. The molecule has 1 N–H and O–H groups in total. The summed E-state index contributed by atoms with van der Waals surface area (Å²) in [5.74, 6) is 0. The molecule has 0 spiro atoms. The van der Waals surface area contributed by atoms with Gasteiger partial charge in [0.05, 0.1) is 21.8 Å². The molecule has 14 heteroatoms. The Bertz CT molecular complexity index is 1570. The van der Waals surface area contributed by atoms with Crippen LogP contribution in [0, 0.1) is 11.3 Å². The predicted molar refractivity (Wildman–Crippen MR) is 124 cm³/mol. The summed E-state index contributed by atoms with van der Waals surface area (Å²) in [5, 5.41) is 10.3. The Morgan fingerprint density at radius 1 is 1.11 bits per heavy atom. The number of rotatable bonds is 6. The number of nitrogens with zero attached hydrogens (tertiary/aromatic N) is 4. The number of aromatic nitrogens is 3. The summed E-state index contributed by atoms with van der Waals surface area (Å²) in [6.45, 7) is 0.691. The largest absolute Gasteiger partial charge is 0.404 e. The van der Waals surface area contributed by atoms with E-state index in [1.165, 1.54) is 18.3 Å². The van der Waals surface area contributed by atoms with E-state index in [0.29, 0.717) is 23.7 Å². The van der Waals surface area contributed by atoms with Gasteiger partial charge in [0.2, 0.25) is 10.0 Å². The fourth-order valence-corrected chi connectivity index (χ4v) is 6.05. The van der Waals surface area contributed by atoms with Gasteiger partial charge in [0.15, 0.2) is 9.84 Å². The number of fused-ring (bicyclic) bond motifs is 1. The minimum atomic E-state index is -4.76. The highest BCUT2D eigenvalue weighted by Gasteiger charge is 2.39. The molecule has 0 aromatic carbocycles. The van der Waals surface area contributed by atoms with Gasteiger partial charge in [-0.2, -0.15) is 23.2 Å². The number of alkyl halides is 3. The molecule has 1 aliphatic carbocycles. The smallest absolute Gasteiger partial charge is 0.320 e. The average molecular weight is 542 g/mol. The topological polar surface area (TPSA) is 135 Å². The second kappa shape index (κ2) is 9.13. The highest BCUT2D eigenvalue weighted by molar-refractivity contribution is 7.90. The van der Waals surface area contributed by atoms with Gasteiger partial charge in [-0.25, -0.2) is 21.8 Å². The van der Waals surface area contributed by atoms with Crippen molar-refractivity contribution in [3.05, 3.63) is 36.2 Å². The number of sulfonamides is 1. The Balaban J connectivity index is 1.86. The SMILES string of the molecule is CC(NS(=O)(=O)c1ccc(-c2c(C#N)c3cc(S(C)(=O)=O)cnc3n2C2CCCC2)nc1)C(F)(F)F. The van der Waals surface area contributed by atoms with E-state index in [4.69, 9.17) is 0 Å². The molecule has 3 aromatic heterocycles. The van der Waals surface area contributed by atoms with Gasteiger partial charge in [0.25, 0.3) is 0 Å². The molecular weight excluding hydrogens is 519 g/mol. The van der Waals surface area contributed by atoms with E-state index in [2.05, 4.69) is 16.0 Å². The number of halogens is 3. The fraction of sp³-hybridized carbons (Fsp3) is 0.409. The van der Waals surface area contributed by atoms with Crippen LogP contribution >= 0.6 is 0 Å². The number of hydrogen-bond donors (Lipinski definition) is 1. The number of pyridine rings is 2. The number of hydrogen-bond acceptors (Lipinski definition) is 7. The Hall–Kier alpha value is -3.02. The third-order valence-corrected chi connectivity index (χ3v) is 8.76. The van der Waals surface area contributed by atoms with Gasteiger partial charge in [-0.3, -0.25) is 4.98 Å². The zero-order chi connectivity index (χ0) is 26.5. The molecule has 9 nitrogen and oxygen atoms in total. The third-order valence-electron chi connectivity index (χ3n) is 6.16. The molecule has 1 saturated carbocycles. The molecule has 36 heavy (non-hydrogen) atoms. The summed E-state index contributed by atoms with van der Waals surface area (Å²) >= 11 is 0. The summed E-state index contributed by atoms with van der Waals surface area (Å²) in [5.41, 5.74) is 1.08. The van der Waals surface area contributed by atoms with Gasteiger partial charge < -0.3 is 4.57 Å². The van der Waals surface area contributed by atoms with Crippen molar-refractivity contribution in [2.45, 2.75) is 60.7 Å². The number of nitrogens with one attached hydrogen (secondary N) is 1. The summed E-state index contributed by atoms with van der Waals surface area (Å²) in [4.78, 5) is 8.00. The fourth-order valence-electron chi connectivity index (χ4n) is 4.30. The standard InChI is InChI=1S/C22H22F3N5O4S2/c1-13(22(23,24)25)29-36(33,34)15-7-8-19(27-11-15)20-18(10-26)17-9-16(35(2,31)32)12-28-21(17)30(20)14-5-3-4-6-14/h7-9,11-14,29H,3-6H2,1-2H3. The Kier molecular flexibility index (Phi) is 6.61. The minimum Gasteiger partial charge on any atom is -0.320 e. The average Bonchev–Trinajstić information content (AvgIpc) is 3.42. The van der Waals surface area contributed by atoms with Crippen molar-refractivity contribution in [2.75, 3.05) is 6.26 Å². The van der Waals surface area contributed by atoms with Gasteiger partial charge in [-0.15, -0.1) is 0 Å². The van der Waals surface area contributed by atoms with Crippen LogP contribution in [0.4, 0.5) is 13.2 Å². The molecule has 0 radical (unpaired) electrons. The molecule has 1 aliphatic rings. The zero-order valence-corrected chi connectivity index (χ0v) is 20.9. The Morgan fingerprint density at radius 3 is 2.28 bits per heavy atom. The van der Waals surface area contributed by atoms with Gasteiger partial charge in [-0.05, 0) is 38.0 Å². The molecule has 1 fully saturated rings. The summed E-state index contributed by atoms with van der Waals surface area (Å²) < 4.78 is 91.0. The lowest BCUT2D eigenvalue weighted by Crippen LogP contribution is -2.42. The molecule has 0 bridgehead atoms. The zero-order valence-electron chi connectivity index (χ0n) is 19.2. The van der Waals surface area contributed by atoms with Crippen molar-refractivity contribution < 1.29 is 30.0 Å². The van der Waals surface area contributed by atoms with Crippen LogP contribution in [0.15, 0.2) is 40.4 Å². The van der Waals surface area contributed by atoms with E-state index in [9.17, 15) is 35.3 Å². The van der Waals surface area contributed by atoms with E-state index in [1.807, 2.05) is 4.57 Å². The van der Waals surface area contributed by atoms with E-state index in [0.717, 1.165) is 44.2 Å². The maximum atomic E-state index is 12.8. The van der Waals surface area contributed by atoms with Gasteiger partial charge in [0, 0.05) is 30.1 Å². The lowest BCUT2D eigenvalue weighted by atomic mass is 10.1. The predicted octanol–water partition coefficient (Wildman–Crippen LogP) is 3.72. The van der Waals surface area contributed by atoms with Gasteiger partial charge in [-0.1, -0.05) is 12.8 Å². The molecule has 3 aromatic rings. The van der Waals surface area contributed by atoms with Crippen LogP contribution in [-0.2, 0) is 19.9 Å². The van der Waals surface area contributed by atoms with Crippen molar-refractivity contribution in [2.24, 2.45) is 0 Å². The van der Waals surface area contributed by atoms with E-state index < -0.39 is 37.0 Å². The van der Waals surface area contributed by atoms with Crippen LogP contribution < -0.4 is 4.72 Å². The lowest BCUT2D eigenvalue weighted by molar-refractivity contribution is -0.147. The second-order valence-corrected chi connectivity index (χ2v) is 12.5. The second-order valence-electron chi connectivity index (χ2n) is 8.72. The third kappa shape index (κ3) is 4.82. The molecule has 192 valence electrons. The summed E-state index contributed by atoms with van der Waals surface area (Å²) in [6.07, 6.45) is 1.90. The maximum absolute atomic E-state index is 12.8. The van der Waals surface area contributed by atoms with Crippen molar-refractivity contribution in [1.29, 1.82) is 5.26 Å². The normalized spacial score (nSPS) is 16.3. The number of sulfone groups is 1. The van der Waals surface area contributed by atoms with Crippen molar-refractivity contribution in [3.8, 4) is 17.5 Å². The van der Waals surface area contributed by atoms with Crippen LogP contribution in [0.2, 0.25) is 0 Å². The molecule has 4 rings (SSSR count). The molecule has 0 saturated heterocycles. The first-order chi connectivity index (χ1) is 16.7. The van der Waals surface area contributed by atoms with Crippen molar-refractivity contribution in [1.82, 2.24) is 19.3 Å². The van der Waals surface area contributed by atoms with E-state index in [1.54, 1.807) is 4.72 Å². The van der Waals surface area contributed by atoms with Crippen LogP contribution in [0.3, 0.4) is 0 Å². The highest BCUT2D eigenvalue weighted by atomic mass is 32.2. The quantitative estimate of drug-likeness (QED) is 0.503. The molecule has 3 heterocycles. The molecule has 1 unspecified atom stereocenters. The monoisotopic (exact) mass is 541 g/mol. The Morgan fingerprint density at radius 2 is 1.75 bits per heavy atom. The van der Waals surface area contributed by atoms with Crippen molar-refractivity contribution in [3.63, 3.8) is 0 Å². The van der Waals surface area contributed by atoms with E-state index >= 15 is 0 Å². The lowest BCUT2D eigenvalue weighted by Gasteiger charge is -2.18. The Labute approximate surface area is 205 Å². The number of nitriles is 1. The van der Waals surface area contributed by atoms with Crippen LogP contribution in [0.5, 0.6) is 0 Å². The highest BCUT2D eigenvalue weighted by Crippen LogP contribution is 2.40. The van der Waals surface area contributed by atoms with Gasteiger partial charge in [0.1, 0.15) is 22.7 Å². The molecular formula is C22H22F3N5O4S2. The van der Waals surface area contributed by atoms with E-state index in [-0.39, 0.29) is 22.2 Å². The first-order valence-electron chi connectivity index (χ1n) is 10.9. The molecule has 0 aliphatic heterocycles. The minimum absolute atomic E-state index is 0.0410. The van der Waals surface area contributed by atoms with Crippen molar-refractivity contribution >= 4 is 30.9 Å². The molecule has 0 amide bonds. The van der Waals surface area contributed by atoms with Crippen LogP contribution in [0.1, 0.15) is 44.2 Å².